The van der Waals surface area contributed by atoms with Crippen LogP contribution in [0.4, 0.5) is 13.2 Å². The number of hydrogen-bond donors (Lipinski definition) is 0. The van der Waals surface area contributed by atoms with Crippen LogP contribution in [0.5, 0.6) is 0 Å². The summed E-state index contributed by atoms with van der Waals surface area (Å²) in [4.78, 5) is 0. The van der Waals surface area contributed by atoms with Gasteiger partial charge in [0.25, 0.3) is 0 Å². The van der Waals surface area contributed by atoms with Crippen molar-refractivity contribution in [2.45, 2.75) is 76.2 Å². The molecule has 3 fully saturated rings. The van der Waals surface area contributed by atoms with Crippen LogP contribution in [0.1, 0.15) is 45.4 Å². The first-order valence-electron chi connectivity index (χ1n) is 8.70. The number of alkyl halides is 3. The van der Waals surface area contributed by atoms with Crippen molar-refractivity contribution in [2.75, 3.05) is 13.2 Å². The Hall–Kier alpha value is -0.290. The number of rotatable bonds is 2. The van der Waals surface area contributed by atoms with E-state index in [-0.39, 0.29) is 31.0 Å². The first-order valence-corrected chi connectivity index (χ1v) is 8.70. The largest absolute Gasteiger partial charge is 0.378 e. The van der Waals surface area contributed by atoms with Crippen LogP contribution in [0.15, 0.2) is 0 Å². The van der Waals surface area contributed by atoms with Gasteiger partial charge in [-0.2, -0.15) is 0 Å². The first-order chi connectivity index (χ1) is 10.5. The van der Waals surface area contributed by atoms with Gasteiger partial charge < -0.3 is 9.47 Å². The van der Waals surface area contributed by atoms with Gasteiger partial charge in [-0.05, 0) is 50.4 Å². The summed E-state index contributed by atoms with van der Waals surface area (Å²) in [5.74, 6) is 0.834. The van der Waals surface area contributed by atoms with E-state index >= 15 is 0 Å². The SMILES string of the molecule is CC1CCC(C2CCC(C3CC(F)C(F)C(F)C3)OC2)OC1. The Morgan fingerprint density at radius 2 is 1.32 bits per heavy atom. The molecule has 22 heavy (non-hydrogen) atoms. The van der Waals surface area contributed by atoms with E-state index in [1.54, 1.807) is 0 Å². The highest BCUT2D eigenvalue weighted by Crippen LogP contribution is 2.39. The van der Waals surface area contributed by atoms with Gasteiger partial charge in [0.05, 0.1) is 18.8 Å². The Labute approximate surface area is 130 Å². The molecule has 0 amide bonds. The quantitative estimate of drug-likeness (QED) is 0.765. The average molecular weight is 320 g/mol. The Morgan fingerprint density at radius 3 is 1.86 bits per heavy atom. The lowest BCUT2D eigenvalue weighted by Gasteiger charge is -2.41. The summed E-state index contributed by atoms with van der Waals surface area (Å²) in [6.45, 7) is 3.62. The minimum atomic E-state index is -1.95. The van der Waals surface area contributed by atoms with Crippen LogP contribution in [-0.4, -0.2) is 43.9 Å². The van der Waals surface area contributed by atoms with Crippen molar-refractivity contribution in [3.63, 3.8) is 0 Å². The molecule has 6 unspecified atom stereocenters. The van der Waals surface area contributed by atoms with Crippen LogP contribution in [0.25, 0.3) is 0 Å². The molecule has 3 rings (SSSR count). The smallest absolute Gasteiger partial charge is 0.162 e. The third-order valence-electron chi connectivity index (χ3n) is 5.68. The highest BCUT2D eigenvalue weighted by Gasteiger charge is 2.43. The second-order valence-corrected chi connectivity index (χ2v) is 7.47. The van der Waals surface area contributed by atoms with Crippen LogP contribution in [-0.2, 0) is 9.47 Å². The Balaban J connectivity index is 1.47. The molecule has 2 heterocycles. The molecule has 0 aromatic rings. The maximum absolute atomic E-state index is 13.5. The van der Waals surface area contributed by atoms with Crippen LogP contribution in [0, 0.1) is 17.8 Å². The van der Waals surface area contributed by atoms with Crippen molar-refractivity contribution in [1.82, 2.24) is 0 Å². The summed E-state index contributed by atoms with van der Waals surface area (Å²) in [6, 6.07) is 0. The topological polar surface area (TPSA) is 18.5 Å². The van der Waals surface area contributed by atoms with Crippen LogP contribution < -0.4 is 0 Å². The molecule has 2 nitrogen and oxygen atoms in total. The third-order valence-corrected chi connectivity index (χ3v) is 5.68. The van der Waals surface area contributed by atoms with E-state index in [0.717, 1.165) is 25.9 Å². The zero-order valence-corrected chi connectivity index (χ0v) is 13.2. The first kappa shape index (κ1) is 16.6. The van der Waals surface area contributed by atoms with Crippen molar-refractivity contribution in [2.24, 2.45) is 17.8 Å². The van der Waals surface area contributed by atoms with Gasteiger partial charge in [0, 0.05) is 12.5 Å². The molecule has 0 radical (unpaired) electrons. The molecule has 128 valence electrons. The minimum absolute atomic E-state index is 0.0916. The highest BCUT2D eigenvalue weighted by molar-refractivity contribution is 4.91. The fourth-order valence-electron chi connectivity index (χ4n) is 4.20. The fourth-order valence-corrected chi connectivity index (χ4v) is 4.20. The van der Waals surface area contributed by atoms with Gasteiger partial charge in [0.2, 0.25) is 0 Å². The van der Waals surface area contributed by atoms with Gasteiger partial charge in [-0.15, -0.1) is 0 Å². The van der Waals surface area contributed by atoms with Crippen molar-refractivity contribution >= 4 is 0 Å². The van der Waals surface area contributed by atoms with Gasteiger partial charge >= 0.3 is 0 Å². The maximum atomic E-state index is 13.5. The second-order valence-electron chi connectivity index (χ2n) is 7.47. The normalized spacial score (nSPS) is 50.7. The van der Waals surface area contributed by atoms with E-state index in [4.69, 9.17) is 9.47 Å². The molecule has 0 aromatic carbocycles. The molecule has 0 N–H and O–H groups in total. The molecule has 3 aliphatic rings. The summed E-state index contributed by atoms with van der Waals surface area (Å²) >= 11 is 0. The third kappa shape index (κ3) is 3.61. The molecule has 0 aromatic heterocycles. The zero-order chi connectivity index (χ0) is 15.7. The van der Waals surface area contributed by atoms with E-state index < -0.39 is 18.5 Å². The Kier molecular flexibility index (Phi) is 5.33. The summed E-state index contributed by atoms with van der Waals surface area (Å²) in [5.41, 5.74) is 0. The van der Waals surface area contributed by atoms with Crippen molar-refractivity contribution in [1.29, 1.82) is 0 Å². The Morgan fingerprint density at radius 1 is 0.727 bits per heavy atom. The van der Waals surface area contributed by atoms with Gasteiger partial charge in [-0.25, -0.2) is 13.2 Å². The van der Waals surface area contributed by atoms with Gasteiger partial charge in [0.15, 0.2) is 6.17 Å². The molecule has 0 spiro atoms. The molecule has 0 bridgehead atoms. The van der Waals surface area contributed by atoms with Gasteiger partial charge in [-0.1, -0.05) is 6.92 Å². The zero-order valence-electron chi connectivity index (χ0n) is 13.2. The van der Waals surface area contributed by atoms with Crippen LogP contribution >= 0.6 is 0 Å². The van der Waals surface area contributed by atoms with E-state index in [9.17, 15) is 13.2 Å². The molecule has 1 aliphatic carbocycles. The highest BCUT2D eigenvalue weighted by atomic mass is 19.2. The van der Waals surface area contributed by atoms with Gasteiger partial charge in [0.1, 0.15) is 12.3 Å². The Bertz CT molecular complexity index is 340. The van der Waals surface area contributed by atoms with Gasteiger partial charge in [-0.3, -0.25) is 0 Å². The van der Waals surface area contributed by atoms with E-state index in [1.807, 2.05) is 0 Å². The maximum Gasteiger partial charge on any atom is 0.162 e. The van der Waals surface area contributed by atoms with Crippen LogP contribution in [0.2, 0.25) is 0 Å². The van der Waals surface area contributed by atoms with Crippen molar-refractivity contribution < 1.29 is 22.6 Å². The lowest BCUT2D eigenvalue weighted by molar-refractivity contribution is -0.125. The monoisotopic (exact) mass is 320 g/mol. The molecular formula is C17H27F3O2. The van der Waals surface area contributed by atoms with Crippen molar-refractivity contribution in [3.05, 3.63) is 0 Å². The summed E-state index contributed by atoms with van der Waals surface area (Å²) in [5, 5.41) is 0. The van der Waals surface area contributed by atoms with E-state index in [1.165, 1.54) is 6.42 Å². The average Bonchev–Trinajstić information content (AvgIpc) is 2.53. The number of ether oxygens (including phenoxy) is 2. The summed E-state index contributed by atoms with van der Waals surface area (Å²) in [7, 11) is 0. The van der Waals surface area contributed by atoms with Crippen LogP contribution in [0.3, 0.4) is 0 Å². The molecule has 6 atom stereocenters. The fraction of sp³-hybridized carbons (Fsp3) is 1.00. The molecule has 2 saturated heterocycles. The lowest BCUT2D eigenvalue weighted by Crippen LogP contribution is -2.45. The predicted octanol–water partition coefficient (Wildman–Crippen LogP) is 4.02. The van der Waals surface area contributed by atoms with Crippen molar-refractivity contribution in [3.8, 4) is 0 Å². The lowest BCUT2D eigenvalue weighted by atomic mass is 9.78. The molecular weight excluding hydrogens is 293 g/mol. The summed E-state index contributed by atoms with van der Waals surface area (Å²) in [6.07, 6.45) is -0.938. The van der Waals surface area contributed by atoms with E-state index in [0.29, 0.717) is 18.4 Å². The number of halogens is 3. The van der Waals surface area contributed by atoms with E-state index in [2.05, 4.69) is 6.92 Å². The minimum Gasteiger partial charge on any atom is -0.378 e. The molecule has 2 aliphatic heterocycles. The predicted molar refractivity (Wildman–Crippen MR) is 78.0 cm³/mol. The number of hydrogen-bond acceptors (Lipinski definition) is 2. The second kappa shape index (κ2) is 7.08. The summed E-state index contributed by atoms with van der Waals surface area (Å²) < 4.78 is 52.1. The molecule has 1 saturated carbocycles. The molecule has 5 heteroatoms. The standard InChI is InChI=1S/C17H27F3O2/c1-10-2-4-15(21-8-10)11-3-5-16(22-9-11)12-6-13(18)17(20)14(19)7-12/h10-17H,2-9H2,1H3.